The number of phenols is 1. The van der Waals surface area contributed by atoms with Gasteiger partial charge >= 0.3 is 0 Å². The minimum absolute atomic E-state index is 0.0555. The number of hydrogen-bond donors (Lipinski definition) is 1. The van der Waals surface area contributed by atoms with Gasteiger partial charge in [0, 0.05) is 28.9 Å². The first-order valence-electron chi connectivity index (χ1n) is 17.1. The zero-order valence-corrected chi connectivity index (χ0v) is 32.2. The molecule has 0 saturated heterocycles. The molecule has 2 heterocycles. The van der Waals surface area contributed by atoms with E-state index in [-0.39, 0.29) is 22.3 Å². The molecule has 5 heteroatoms. The van der Waals surface area contributed by atoms with Crippen molar-refractivity contribution in [3.8, 4) is 39.5 Å². The van der Waals surface area contributed by atoms with E-state index in [1.54, 1.807) is 0 Å². The summed E-state index contributed by atoms with van der Waals surface area (Å²) >= 11 is 0. The van der Waals surface area contributed by atoms with Gasteiger partial charge in [-0.05, 0) is 83.2 Å². The molecule has 0 aliphatic heterocycles. The van der Waals surface area contributed by atoms with Crippen molar-refractivity contribution in [1.82, 2.24) is 14.5 Å². The van der Waals surface area contributed by atoms with Crippen LogP contribution in [0.15, 0.2) is 66.9 Å². The molecule has 0 aliphatic carbocycles. The topological polar surface area (TPSA) is 50.9 Å². The summed E-state index contributed by atoms with van der Waals surface area (Å²) in [6, 6.07) is 22.3. The van der Waals surface area contributed by atoms with Crippen LogP contribution in [-0.2, 0) is 16.2 Å². The largest absolute Gasteiger partial charge is 0.507 e. The normalized spacial score (nSPS) is 13.2. The number of aromatic nitrogens is 3. The Hall–Kier alpha value is -3.70. The van der Waals surface area contributed by atoms with E-state index in [1.165, 1.54) is 16.3 Å². The number of nitrogens with zero attached hydrogens (tertiary/aromatic N) is 3. The molecule has 0 atom stereocenters. The van der Waals surface area contributed by atoms with Gasteiger partial charge in [-0.25, -0.2) is 4.98 Å². The van der Waals surface area contributed by atoms with Gasteiger partial charge in [-0.3, -0.25) is 4.98 Å². The second-order valence-corrected chi connectivity index (χ2v) is 22.8. The zero-order chi connectivity index (χ0) is 34.9. The monoisotopic (exact) mass is 645 g/mol. The quantitative estimate of drug-likeness (QED) is 0.194. The van der Waals surface area contributed by atoms with Crippen molar-refractivity contribution in [2.75, 3.05) is 0 Å². The first kappa shape index (κ1) is 34.6. The van der Waals surface area contributed by atoms with E-state index in [0.29, 0.717) is 5.75 Å². The number of rotatable bonds is 5. The third-order valence-corrected chi connectivity index (χ3v) is 11.3. The molecule has 0 spiro atoms. The standard InChI is InChI=1S/C42H55N3OSi/c1-26(2)45-36-25-31(47(12,13)14)24-32(27-19-28(35-17-15-16-18-43-35)21-29(20-27)40(3,4)5)37(36)44-39(45)33-22-30(41(6,7)8)23-34(38(33)46)42(9,10)11/h15-26,46H,1-14H3. The molecule has 0 saturated carbocycles. The van der Waals surface area contributed by atoms with Crippen molar-refractivity contribution in [1.29, 1.82) is 0 Å². The third kappa shape index (κ3) is 6.83. The Balaban J connectivity index is 1.94. The lowest BCUT2D eigenvalue weighted by Crippen LogP contribution is -2.37. The first-order chi connectivity index (χ1) is 21.6. The fourth-order valence-corrected chi connectivity index (χ4v) is 7.41. The van der Waals surface area contributed by atoms with E-state index >= 15 is 0 Å². The van der Waals surface area contributed by atoms with Crippen LogP contribution in [0.5, 0.6) is 5.75 Å². The predicted octanol–water partition coefficient (Wildman–Crippen LogP) is 11.2. The average Bonchev–Trinajstić information content (AvgIpc) is 3.34. The molecule has 0 unspecified atom stereocenters. The number of pyridine rings is 1. The van der Waals surface area contributed by atoms with Gasteiger partial charge in [0.15, 0.2) is 0 Å². The van der Waals surface area contributed by atoms with Gasteiger partial charge in [-0.1, -0.05) is 111 Å². The third-order valence-electron chi connectivity index (χ3n) is 9.27. The first-order valence-corrected chi connectivity index (χ1v) is 20.6. The maximum Gasteiger partial charge on any atom is 0.145 e. The van der Waals surface area contributed by atoms with Crippen molar-refractivity contribution in [2.24, 2.45) is 0 Å². The zero-order valence-electron chi connectivity index (χ0n) is 31.2. The van der Waals surface area contributed by atoms with Gasteiger partial charge in [0.2, 0.25) is 0 Å². The van der Waals surface area contributed by atoms with Crippen molar-refractivity contribution in [2.45, 2.75) is 118 Å². The summed E-state index contributed by atoms with van der Waals surface area (Å²) in [6.45, 7) is 31.7. The fraction of sp³-hybridized carbons (Fsp3) is 0.429. The number of phenolic OH excluding ortho intramolecular Hbond substituents is 1. The smallest absolute Gasteiger partial charge is 0.145 e. The maximum atomic E-state index is 12.0. The number of hydrogen-bond acceptors (Lipinski definition) is 3. The lowest BCUT2D eigenvalue weighted by atomic mass is 9.79. The van der Waals surface area contributed by atoms with E-state index in [9.17, 15) is 5.11 Å². The van der Waals surface area contributed by atoms with Gasteiger partial charge in [-0.15, -0.1) is 0 Å². The van der Waals surface area contributed by atoms with Crippen LogP contribution in [0.25, 0.3) is 44.8 Å². The molecule has 0 amide bonds. The Labute approximate surface area is 284 Å². The minimum atomic E-state index is -1.75. The lowest BCUT2D eigenvalue weighted by Gasteiger charge is -2.28. The molecule has 1 N–H and O–H groups in total. The number of aromatic hydroxyl groups is 1. The molecule has 0 fully saturated rings. The highest BCUT2D eigenvalue weighted by atomic mass is 28.3. The predicted molar refractivity (Wildman–Crippen MR) is 205 cm³/mol. The molecule has 248 valence electrons. The van der Waals surface area contributed by atoms with Gasteiger partial charge < -0.3 is 9.67 Å². The molecule has 5 aromatic rings. The summed E-state index contributed by atoms with van der Waals surface area (Å²) < 4.78 is 2.35. The van der Waals surface area contributed by atoms with E-state index in [0.717, 1.165) is 50.4 Å². The second-order valence-electron chi connectivity index (χ2n) is 17.7. The SMILES string of the molecule is CC(C)n1c(-c2cc(C(C)(C)C)cc(C(C)(C)C)c2O)nc2c(-c3cc(-c4ccccn4)cc(C(C)(C)C)c3)cc([Si](C)(C)C)cc21. The summed E-state index contributed by atoms with van der Waals surface area (Å²) in [4.78, 5) is 10.2. The van der Waals surface area contributed by atoms with Crippen LogP contribution in [0.4, 0.5) is 0 Å². The molecule has 0 radical (unpaired) electrons. The van der Waals surface area contributed by atoms with Crippen molar-refractivity contribution >= 4 is 24.3 Å². The minimum Gasteiger partial charge on any atom is -0.507 e. The summed E-state index contributed by atoms with van der Waals surface area (Å²) in [5.74, 6) is 1.14. The van der Waals surface area contributed by atoms with E-state index in [1.807, 2.05) is 12.3 Å². The van der Waals surface area contributed by atoms with Gasteiger partial charge in [0.25, 0.3) is 0 Å². The van der Waals surface area contributed by atoms with Crippen LogP contribution < -0.4 is 5.19 Å². The van der Waals surface area contributed by atoms with Gasteiger partial charge in [0.05, 0.1) is 30.4 Å². The summed E-state index contributed by atoms with van der Waals surface area (Å²) in [5.41, 5.74) is 10.2. The van der Waals surface area contributed by atoms with Crippen molar-refractivity contribution in [3.63, 3.8) is 0 Å². The highest BCUT2D eigenvalue weighted by Crippen LogP contribution is 2.44. The van der Waals surface area contributed by atoms with E-state index < -0.39 is 8.07 Å². The molecule has 0 aliphatic rings. The highest BCUT2D eigenvalue weighted by molar-refractivity contribution is 6.88. The average molecular weight is 646 g/mol. The number of imidazole rings is 1. The van der Waals surface area contributed by atoms with Crippen LogP contribution in [0.1, 0.15) is 98.9 Å². The number of fused-ring (bicyclic) bond motifs is 1. The van der Waals surface area contributed by atoms with Crippen molar-refractivity contribution < 1.29 is 5.11 Å². The van der Waals surface area contributed by atoms with E-state index in [2.05, 4.69) is 155 Å². The molecule has 4 nitrogen and oxygen atoms in total. The molecule has 3 aromatic carbocycles. The van der Waals surface area contributed by atoms with Gasteiger partial charge in [-0.2, -0.15) is 0 Å². The molecular weight excluding hydrogens is 591 g/mol. The summed E-state index contributed by atoms with van der Waals surface area (Å²) in [6.07, 6.45) is 1.86. The molecule has 2 aromatic heterocycles. The molecule has 5 rings (SSSR count). The van der Waals surface area contributed by atoms with Crippen LogP contribution in [0, 0.1) is 0 Å². The highest BCUT2D eigenvalue weighted by Gasteiger charge is 2.30. The second kappa shape index (κ2) is 11.8. The molecule has 0 bridgehead atoms. The molecular formula is C42H55N3OSi. The Morgan fingerprint density at radius 1 is 0.702 bits per heavy atom. The Kier molecular flexibility index (Phi) is 8.67. The fourth-order valence-electron chi connectivity index (χ4n) is 6.27. The van der Waals surface area contributed by atoms with Crippen molar-refractivity contribution in [3.05, 3.63) is 83.6 Å². The number of benzene rings is 3. The maximum absolute atomic E-state index is 12.0. The Morgan fingerprint density at radius 3 is 1.85 bits per heavy atom. The van der Waals surface area contributed by atoms with Crippen LogP contribution in [0.3, 0.4) is 0 Å². The van der Waals surface area contributed by atoms with E-state index in [4.69, 9.17) is 9.97 Å². The Bertz CT molecular complexity index is 1940. The summed E-state index contributed by atoms with van der Waals surface area (Å²) in [5, 5.41) is 13.4. The lowest BCUT2D eigenvalue weighted by molar-refractivity contribution is 0.445. The van der Waals surface area contributed by atoms with Crippen LogP contribution >= 0.6 is 0 Å². The molecule has 47 heavy (non-hydrogen) atoms. The van der Waals surface area contributed by atoms with Gasteiger partial charge in [0.1, 0.15) is 11.6 Å². The van der Waals surface area contributed by atoms with Crippen LogP contribution in [0.2, 0.25) is 19.6 Å². The Morgan fingerprint density at radius 2 is 1.32 bits per heavy atom. The summed E-state index contributed by atoms with van der Waals surface area (Å²) in [7, 11) is -1.75. The van der Waals surface area contributed by atoms with Crippen LogP contribution in [-0.4, -0.2) is 27.7 Å².